The number of halogens is 3. The monoisotopic (exact) mass is 496 g/mol. The topological polar surface area (TPSA) is 131 Å². The Labute approximate surface area is 182 Å². The summed E-state index contributed by atoms with van der Waals surface area (Å²) in [6.45, 7) is 2.65. The highest BCUT2D eigenvalue weighted by Gasteiger charge is 2.50. The van der Waals surface area contributed by atoms with Crippen LogP contribution in [-0.2, 0) is 19.9 Å². The average molecular weight is 496 g/mol. The Hall–Kier alpha value is -2.52. The molecule has 1 aliphatic heterocycles. The fourth-order valence-corrected chi connectivity index (χ4v) is 5.98. The molecule has 1 saturated heterocycles. The molecule has 3 heterocycles. The van der Waals surface area contributed by atoms with Crippen LogP contribution in [0.2, 0.25) is 0 Å². The van der Waals surface area contributed by atoms with E-state index in [1.165, 1.54) is 13.8 Å². The second-order valence-electron chi connectivity index (χ2n) is 7.01. The third kappa shape index (κ3) is 4.23. The van der Waals surface area contributed by atoms with E-state index in [9.17, 15) is 34.8 Å². The van der Waals surface area contributed by atoms with E-state index in [1.54, 1.807) is 0 Å². The molecule has 0 unspecified atom stereocenters. The molecule has 0 radical (unpaired) electrons. The molecule has 1 amide bonds. The van der Waals surface area contributed by atoms with Crippen molar-refractivity contribution >= 4 is 25.8 Å². The Morgan fingerprint density at radius 2 is 1.78 bits per heavy atom. The molecule has 0 aliphatic carbocycles. The van der Waals surface area contributed by atoms with Crippen LogP contribution in [-0.4, -0.2) is 73.8 Å². The van der Waals surface area contributed by atoms with E-state index in [0.717, 1.165) is 27.5 Å². The zero-order valence-corrected chi connectivity index (χ0v) is 18.6. The van der Waals surface area contributed by atoms with E-state index in [4.69, 9.17) is 4.52 Å². The fraction of sp³-hybridized carbons (Fsp3) is 0.471. The van der Waals surface area contributed by atoms with Crippen LogP contribution in [0.15, 0.2) is 32.8 Å². The molecule has 0 aromatic carbocycles. The highest BCUT2D eigenvalue weighted by atomic mass is 32.2. The van der Waals surface area contributed by atoms with Crippen molar-refractivity contribution in [1.29, 1.82) is 0 Å². The number of carbonyl (C=O) groups is 1. The SMILES string of the molecule is Cc1noc(C)c1S(=O)(=O)N1CCCN(C(=O)c2cccnc2S(=O)(=O)C(F)(F)F)CC1. The van der Waals surface area contributed by atoms with Gasteiger partial charge >= 0.3 is 5.51 Å². The van der Waals surface area contributed by atoms with Gasteiger partial charge in [0.25, 0.3) is 15.7 Å². The number of sulfonamides is 1. The number of aryl methyl sites for hydroxylation is 2. The van der Waals surface area contributed by atoms with Crippen molar-refractivity contribution < 1.29 is 39.3 Å². The first-order valence-corrected chi connectivity index (χ1v) is 12.2. The molecule has 3 rings (SSSR count). The van der Waals surface area contributed by atoms with Crippen molar-refractivity contribution in [1.82, 2.24) is 19.3 Å². The zero-order chi connectivity index (χ0) is 23.9. The van der Waals surface area contributed by atoms with E-state index >= 15 is 0 Å². The number of aromatic nitrogens is 2. The van der Waals surface area contributed by atoms with Gasteiger partial charge in [-0.25, -0.2) is 21.8 Å². The molecule has 32 heavy (non-hydrogen) atoms. The van der Waals surface area contributed by atoms with Gasteiger partial charge in [0.1, 0.15) is 10.6 Å². The van der Waals surface area contributed by atoms with Gasteiger partial charge in [0.15, 0.2) is 10.8 Å². The quantitative estimate of drug-likeness (QED) is 0.623. The van der Waals surface area contributed by atoms with Gasteiger partial charge in [0, 0.05) is 32.4 Å². The highest BCUT2D eigenvalue weighted by molar-refractivity contribution is 7.92. The molecular formula is C17H19F3N4O6S2. The molecule has 2 aromatic rings. The molecule has 1 fully saturated rings. The summed E-state index contributed by atoms with van der Waals surface area (Å²) in [7, 11) is -9.84. The third-order valence-electron chi connectivity index (χ3n) is 4.87. The molecule has 0 N–H and O–H groups in total. The third-order valence-corrected chi connectivity index (χ3v) is 8.46. The lowest BCUT2D eigenvalue weighted by molar-refractivity contribution is -0.0438. The molecule has 10 nitrogen and oxygen atoms in total. The maximum atomic E-state index is 13.0. The minimum absolute atomic E-state index is 0.00680. The first-order chi connectivity index (χ1) is 14.8. The molecule has 15 heteroatoms. The number of nitrogens with zero attached hydrogens (tertiary/aromatic N) is 4. The first kappa shape index (κ1) is 24.1. The number of hydrogen-bond donors (Lipinski definition) is 0. The number of sulfone groups is 1. The minimum atomic E-state index is -5.86. The lowest BCUT2D eigenvalue weighted by Crippen LogP contribution is -2.38. The van der Waals surface area contributed by atoms with Gasteiger partial charge in [-0.1, -0.05) is 5.16 Å². The van der Waals surface area contributed by atoms with Gasteiger partial charge in [-0.05, 0) is 32.4 Å². The van der Waals surface area contributed by atoms with Crippen LogP contribution < -0.4 is 0 Å². The maximum Gasteiger partial charge on any atom is 0.503 e. The van der Waals surface area contributed by atoms with E-state index < -0.39 is 41.9 Å². The van der Waals surface area contributed by atoms with E-state index in [2.05, 4.69) is 10.1 Å². The second kappa shape index (κ2) is 8.44. The molecule has 0 atom stereocenters. The number of alkyl halides is 3. The minimum Gasteiger partial charge on any atom is -0.360 e. The number of carbonyl (C=O) groups excluding carboxylic acids is 1. The molecule has 2 aromatic heterocycles. The smallest absolute Gasteiger partial charge is 0.360 e. The largest absolute Gasteiger partial charge is 0.503 e. The molecule has 0 bridgehead atoms. The van der Waals surface area contributed by atoms with Crippen LogP contribution in [0.4, 0.5) is 13.2 Å². The second-order valence-corrected chi connectivity index (χ2v) is 10.7. The van der Waals surface area contributed by atoms with Crippen molar-refractivity contribution in [2.45, 2.75) is 35.7 Å². The predicted octanol–water partition coefficient (Wildman–Crippen LogP) is 1.52. The molecule has 176 valence electrons. The van der Waals surface area contributed by atoms with Gasteiger partial charge in [-0.15, -0.1) is 0 Å². The van der Waals surface area contributed by atoms with Crippen LogP contribution in [0.1, 0.15) is 28.2 Å². The summed E-state index contributed by atoms with van der Waals surface area (Å²) in [6, 6.07) is 2.09. The summed E-state index contributed by atoms with van der Waals surface area (Å²) < 4.78 is 94.8. The summed E-state index contributed by atoms with van der Waals surface area (Å²) >= 11 is 0. The Balaban J connectivity index is 1.87. The highest BCUT2D eigenvalue weighted by Crippen LogP contribution is 2.31. The maximum absolute atomic E-state index is 13.0. The van der Waals surface area contributed by atoms with E-state index in [0.29, 0.717) is 0 Å². The molecular weight excluding hydrogens is 477 g/mol. The summed E-state index contributed by atoms with van der Waals surface area (Å²) in [5.74, 6) is -0.880. The van der Waals surface area contributed by atoms with Crippen molar-refractivity contribution in [2.24, 2.45) is 0 Å². The lowest BCUT2D eigenvalue weighted by atomic mass is 10.2. The Kier molecular flexibility index (Phi) is 6.36. The summed E-state index contributed by atoms with van der Waals surface area (Å²) in [5.41, 5.74) is -6.18. The van der Waals surface area contributed by atoms with Gasteiger partial charge in [-0.2, -0.15) is 17.5 Å². The van der Waals surface area contributed by atoms with E-state index in [-0.39, 0.29) is 48.9 Å². The van der Waals surface area contributed by atoms with Gasteiger partial charge < -0.3 is 9.42 Å². The fourth-order valence-electron chi connectivity index (χ4n) is 3.36. The Morgan fingerprint density at radius 3 is 2.38 bits per heavy atom. The van der Waals surface area contributed by atoms with Crippen LogP contribution >= 0.6 is 0 Å². The standard InChI is InChI=1S/C17H19F3N4O6S2/c1-11-14(12(2)30-22-11)32(28,29)24-8-4-7-23(9-10-24)16(25)13-5-3-6-21-15(13)31(26,27)17(18,19)20/h3,5-6H,4,7-10H2,1-2H3. The summed E-state index contributed by atoms with van der Waals surface area (Å²) in [4.78, 5) is 17.2. The van der Waals surface area contributed by atoms with Gasteiger partial charge in [0.05, 0.1) is 5.56 Å². The van der Waals surface area contributed by atoms with Crippen molar-refractivity contribution in [3.63, 3.8) is 0 Å². The number of pyridine rings is 1. The van der Waals surface area contributed by atoms with Crippen molar-refractivity contribution in [3.8, 4) is 0 Å². The molecule has 0 spiro atoms. The molecule has 1 aliphatic rings. The van der Waals surface area contributed by atoms with Gasteiger partial charge in [-0.3, -0.25) is 4.79 Å². The van der Waals surface area contributed by atoms with Gasteiger partial charge in [0.2, 0.25) is 10.0 Å². The summed E-state index contributed by atoms with van der Waals surface area (Å²) in [5, 5.41) is 2.25. The van der Waals surface area contributed by atoms with Crippen LogP contribution in [0.5, 0.6) is 0 Å². The summed E-state index contributed by atoms with van der Waals surface area (Å²) in [6.07, 6.45) is 1.02. The van der Waals surface area contributed by atoms with Crippen LogP contribution in [0, 0.1) is 13.8 Å². The normalized spacial score (nSPS) is 16.7. The Morgan fingerprint density at radius 1 is 1.09 bits per heavy atom. The predicted molar refractivity (Wildman–Crippen MR) is 103 cm³/mol. The van der Waals surface area contributed by atoms with Crippen LogP contribution in [0.25, 0.3) is 0 Å². The van der Waals surface area contributed by atoms with Crippen LogP contribution in [0.3, 0.4) is 0 Å². The lowest BCUT2D eigenvalue weighted by Gasteiger charge is -2.22. The van der Waals surface area contributed by atoms with E-state index in [1.807, 2.05) is 0 Å². The Bertz CT molecular complexity index is 1220. The van der Waals surface area contributed by atoms with Crippen molar-refractivity contribution in [3.05, 3.63) is 35.3 Å². The zero-order valence-electron chi connectivity index (χ0n) is 17.0. The first-order valence-electron chi connectivity index (χ1n) is 9.27. The number of rotatable bonds is 4. The van der Waals surface area contributed by atoms with Crippen molar-refractivity contribution in [2.75, 3.05) is 26.2 Å². The average Bonchev–Trinajstić information content (AvgIpc) is 2.91. The molecule has 0 saturated carbocycles. The number of hydrogen-bond acceptors (Lipinski definition) is 8. The number of amides is 1.